The van der Waals surface area contributed by atoms with Gasteiger partial charge in [0, 0.05) is 0 Å². The third-order valence-corrected chi connectivity index (χ3v) is 13.1. The molecule has 2 saturated heterocycles. The molecule has 0 spiro atoms. The molecule has 4 fully saturated rings. The van der Waals surface area contributed by atoms with Crippen LogP contribution in [0.2, 0.25) is 0 Å². The average molecular weight is 693 g/mol. The van der Waals surface area contributed by atoms with E-state index in [0.717, 1.165) is 9.80 Å². The largest absolute Gasteiger partial charge is 0.457 e. The molecule has 0 aromatic heterocycles. The summed E-state index contributed by atoms with van der Waals surface area (Å²) in [7, 11) is -3.82. The second kappa shape index (κ2) is 13.9. The van der Waals surface area contributed by atoms with Crippen molar-refractivity contribution in [3.8, 4) is 0 Å². The lowest BCUT2D eigenvalue weighted by Crippen LogP contribution is -2.43. The standard InChI is InChI=1S/C36H40N2O10S/c1-21(47-35(43)23-9-5-3-6-10-23)19-37-31(39)27-15-13-25(17-29(27)33(37)41)49(45,46)26-14-16-28-30(18-26)34(42)38(32(28)40)20-22(2)48-36(44)24-11-7-4-8-12-24/h3-12,21-22,25-30H,13-20H2,1-2H3. The van der Waals surface area contributed by atoms with E-state index in [2.05, 4.69) is 0 Å². The van der Waals surface area contributed by atoms with Crippen molar-refractivity contribution in [1.29, 1.82) is 0 Å². The fourth-order valence-corrected chi connectivity index (χ4v) is 10.3. The summed E-state index contributed by atoms with van der Waals surface area (Å²) in [6.07, 6.45) is -0.637. The van der Waals surface area contributed by atoms with Crippen LogP contribution in [0.15, 0.2) is 60.7 Å². The first-order valence-corrected chi connectivity index (χ1v) is 18.4. The third-order valence-electron chi connectivity index (χ3n) is 10.4. The van der Waals surface area contributed by atoms with Gasteiger partial charge < -0.3 is 9.47 Å². The first-order valence-electron chi connectivity index (χ1n) is 16.8. The van der Waals surface area contributed by atoms with Gasteiger partial charge in [-0.05, 0) is 76.6 Å². The number of hydrogen-bond acceptors (Lipinski definition) is 10. The van der Waals surface area contributed by atoms with Crippen LogP contribution in [-0.2, 0) is 38.5 Å². The van der Waals surface area contributed by atoms with Gasteiger partial charge in [0.2, 0.25) is 23.6 Å². The number of benzene rings is 2. The smallest absolute Gasteiger partial charge is 0.338 e. The van der Waals surface area contributed by atoms with Crippen LogP contribution >= 0.6 is 0 Å². The van der Waals surface area contributed by atoms with Gasteiger partial charge in [-0.25, -0.2) is 18.0 Å². The molecule has 2 aromatic rings. The molecular formula is C36H40N2O10S. The lowest BCUT2D eigenvalue weighted by molar-refractivity contribution is -0.142. The molecule has 49 heavy (non-hydrogen) atoms. The lowest BCUT2D eigenvalue weighted by Gasteiger charge is -2.34. The van der Waals surface area contributed by atoms with Crippen molar-refractivity contribution >= 4 is 45.4 Å². The highest BCUT2D eigenvalue weighted by Crippen LogP contribution is 2.45. The van der Waals surface area contributed by atoms with Crippen LogP contribution in [0, 0.1) is 23.7 Å². The number of esters is 2. The quantitative estimate of drug-likeness (QED) is 0.267. The summed E-state index contributed by atoms with van der Waals surface area (Å²) in [5.41, 5.74) is 0.693. The van der Waals surface area contributed by atoms with E-state index in [9.17, 15) is 37.2 Å². The van der Waals surface area contributed by atoms with Gasteiger partial charge in [0.1, 0.15) is 12.2 Å². The number of imide groups is 2. The zero-order valence-corrected chi connectivity index (χ0v) is 28.3. The van der Waals surface area contributed by atoms with Crippen molar-refractivity contribution in [2.75, 3.05) is 13.1 Å². The third kappa shape index (κ3) is 6.77. The molecular weight excluding hydrogens is 652 g/mol. The second-order valence-electron chi connectivity index (χ2n) is 13.6. The molecule has 260 valence electrons. The predicted molar refractivity (Wildman–Crippen MR) is 174 cm³/mol. The minimum Gasteiger partial charge on any atom is -0.457 e. The number of amides is 4. The molecule has 12 nitrogen and oxygen atoms in total. The summed E-state index contributed by atoms with van der Waals surface area (Å²) < 4.78 is 38.9. The van der Waals surface area contributed by atoms with Gasteiger partial charge in [-0.1, -0.05) is 36.4 Å². The van der Waals surface area contributed by atoms with Crippen LogP contribution in [0.3, 0.4) is 0 Å². The Labute approximate surface area is 285 Å². The van der Waals surface area contributed by atoms with E-state index < -0.39 is 80.0 Å². The number of carbonyl (C=O) groups is 6. The number of likely N-dealkylation sites (tertiary alicyclic amines) is 2. The molecule has 6 rings (SSSR count). The Balaban J connectivity index is 1.05. The Hall–Kier alpha value is -4.39. The molecule has 8 atom stereocenters. The SMILES string of the molecule is CC(CN1C(=O)C2CCC(S(=O)(=O)C3CCC4C(=O)N(CC(C)OC(=O)c5ccccc5)C(=O)C4C3)CC2C1=O)OC(=O)c1ccccc1. The number of rotatable bonds is 10. The first-order chi connectivity index (χ1) is 23.4. The number of sulfone groups is 1. The first kappa shape index (κ1) is 34.5. The number of fused-ring (bicyclic) bond motifs is 2. The molecule has 0 bridgehead atoms. The van der Waals surface area contributed by atoms with Gasteiger partial charge in [-0.15, -0.1) is 0 Å². The van der Waals surface area contributed by atoms with Gasteiger partial charge in [-0.2, -0.15) is 0 Å². The molecule has 13 heteroatoms. The van der Waals surface area contributed by atoms with E-state index in [4.69, 9.17) is 9.47 Å². The van der Waals surface area contributed by atoms with Crippen molar-refractivity contribution in [2.24, 2.45) is 23.7 Å². The second-order valence-corrected chi connectivity index (χ2v) is 16.1. The van der Waals surface area contributed by atoms with Crippen LogP contribution in [0.4, 0.5) is 0 Å². The number of ether oxygens (including phenoxy) is 2. The predicted octanol–water partition coefficient (Wildman–Crippen LogP) is 3.20. The van der Waals surface area contributed by atoms with Crippen molar-refractivity contribution in [3.63, 3.8) is 0 Å². The molecule has 2 heterocycles. The Bertz CT molecular complexity index is 1630. The zero-order valence-electron chi connectivity index (χ0n) is 27.4. The lowest BCUT2D eigenvalue weighted by atomic mass is 9.80. The highest BCUT2D eigenvalue weighted by molar-refractivity contribution is 7.92. The Morgan fingerprint density at radius 2 is 0.959 bits per heavy atom. The maximum atomic E-state index is 14.0. The van der Waals surface area contributed by atoms with Crippen molar-refractivity contribution in [3.05, 3.63) is 71.8 Å². The normalized spacial score (nSPS) is 28.1. The molecule has 8 unspecified atom stereocenters. The van der Waals surface area contributed by atoms with Crippen LogP contribution in [0.1, 0.15) is 73.1 Å². The van der Waals surface area contributed by atoms with Crippen LogP contribution in [-0.4, -0.2) is 89.6 Å². The van der Waals surface area contributed by atoms with Crippen LogP contribution in [0.25, 0.3) is 0 Å². The van der Waals surface area contributed by atoms with Crippen molar-refractivity contribution in [2.45, 2.75) is 75.1 Å². The van der Waals surface area contributed by atoms with Crippen molar-refractivity contribution < 1.29 is 46.7 Å². The van der Waals surface area contributed by atoms with E-state index in [-0.39, 0.29) is 63.4 Å². The van der Waals surface area contributed by atoms with Gasteiger partial charge in [0.15, 0.2) is 9.84 Å². The van der Waals surface area contributed by atoms with Gasteiger partial charge in [-0.3, -0.25) is 29.0 Å². The molecule has 2 aliphatic carbocycles. The monoisotopic (exact) mass is 692 g/mol. The number of hydrogen-bond donors (Lipinski definition) is 0. The van der Waals surface area contributed by atoms with Gasteiger partial charge in [0.05, 0.1) is 58.4 Å². The van der Waals surface area contributed by atoms with E-state index in [1.165, 1.54) is 0 Å². The van der Waals surface area contributed by atoms with Gasteiger partial charge >= 0.3 is 11.9 Å². The molecule has 0 N–H and O–H groups in total. The van der Waals surface area contributed by atoms with Crippen LogP contribution in [0.5, 0.6) is 0 Å². The van der Waals surface area contributed by atoms with Gasteiger partial charge in [0.25, 0.3) is 0 Å². The highest BCUT2D eigenvalue weighted by atomic mass is 32.2. The molecule has 2 aromatic carbocycles. The van der Waals surface area contributed by atoms with E-state index in [1.54, 1.807) is 74.5 Å². The fourth-order valence-electron chi connectivity index (χ4n) is 7.89. The Morgan fingerprint density at radius 1 is 0.612 bits per heavy atom. The minimum absolute atomic E-state index is 0.000150. The summed E-state index contributed by atoms with van der Waals surface area (Å²) in [5.74, 6) is -5.68. The Kier molecular flexibility index (Phi) is 9.74. The summed E-state index contributed by atoms with van der Waals surface area (Å²) >= 11 is 0. The van der Waals surface area contributed by atoms with E-state index in [0.29, 0.717) is 11.1 Å². The van der Waals surface area contributed by atoms with Crippen molar-refractivity contribution in [1.82, 2.24) is 9.80 Å². The van der Waals surface area contributed by atoms with E-state index >= 15 is 0 Å². The van der Waals surface area contributed by atoms with Crippen LogP contribution < -0.4 is 0 Å². The maximum absolute atomic E-state index is 14.0. The maximum Gasteiger partial charge on any atom is 0.338 e. The van der Waals surface area contributed by atoms with E-state index in [1.807, 2.05) is 0 Å². The summed E-state index contributed by atoms with van der Waals surface area (Å²) in [6, 6.07) is 16.7. The molecule has 4 amide bonds. The topological polar surface area (TPSA) is 161 Å². The highest BCUT2D eigenvalue weighted by Gasteiger charge is 2.56. The number of carbonyl (C=O) groups excluding carboxylic acids is 6. The minimum atomic E-state index is -3.82. The summed E-state index contributed by atoms with van der Waals surface area (Å²) in [5, 5.41) is -1.72. The number of nitrogens with zero attached hydrogens (tertiary/aromatic N) is 2. The summed E-state index contributed by atoms with van der Waals surface area (Å²) in [4.78, 5) is 80.5. The fraction of sp³-hybridized carbons (Fsp3) is 0.500. The Morgan fingerprint density at radius 3 is 1.33 bits per heavy atom. The zero-order chi connectivity index (χ0) is 35.0. The average Bonchev–Trinajstić information content (AvgIpc) is 3.48. The molecule has 2 saturated carbocycles. The molecule has 2 aliphatic heterocycles. The molecule has 0 radical (unpaired) electrons. The molecule has 4 aliphatic rings. The summed E-state index contributed by atoms with van der Waals surface area (Å²) in [6.45, 7) is 2.95.